The third kappa shape index (κ3) is 4.59. The van der Waals surface area contributed by atoms with E-state index in [9.17, 15) is 9.59 Å². The van der Waals surface area contributed by atoms with Crippen LogP contribution in [0.25, 0.3) is 22.2 Å². The highest BCUT2D eigenvalue weighted by atomic mass is 16.2. The van der Waals surface area contributed by atoms with Crippen LogP contribution in [-0.2, 0) is 11.3 Å². The lowest BCUT2D eigenvalue weighted by Crippen LogP contribution is -2.45. The average Bonchev–Trinajstić information content (AvgIpc) is 3.22. The van der Waals surface area contributed by atoms with Crippen LogP contribution in [0.3, 0.4) is 0 Å². The minimum absolute atomic E-state index is 0.0216. The molecule has 3 unspecified atom stereocenters. The summed E-state index contributed by atoms with van der Waals surface area (Å²) in [5.41, 5.74) is 3.99. The van der Waals surface area contributed by atoms with E-state index in [1.807, 2.05) is 51.2 Å². The van der Waals surface area contributed by atoms with Crippen molar-refractivity contribution in [1.29, 1.82) is 0 Å². The van der Waals surface area contributed by atoms with Gasteiger partial charge >= 0.3 is 0 Å². The van der Waals surface area contributed by atoms with Gasteiger partial charge in [0, 0.05) is 48.5 Å². The van der Waals surface area contributed by atoms with Crippen LogP contribution in [0.1, 0.15) is 55.6 Å². The molecule has 0 aromatic carbocycles. The van der Waals surface area contributed by atoms with Gasteiger partial charge in [0.05, 0.1) is 16.9 Å². The minimum Gasteiger partial charge on any atom is -0.342 e. The van der Waals surface area contributed by atoms with E-state index >= 15 is 0 Å². The fourth-order valence-corrected chi connectivity index (χ4v) is 5.61. The number of allylic oxidation sites excluding steroid dienone is 2. The summed E-state index contributed by atoms with van der Waals surface area (Å²) in [5.74, 6) is 0.394. The van der Waals surface area contributed by atoms with E-state index in [-0.39, 0.29) is 35.6 Å². The van der Waals surface area contributed by atoms with Crippen molar-refractivity contribution in [2.45, 2.75) is 66.0 Å². The number of carbonyl (C=O) groups excluding carboxylic acids is 2. The SMILES string of the molecule is C=CN=C([B]C1CC2(C)CC2N1C(=O)Cn1nc(C(C)=O)c2cc(-c3cnc(C)nc3)nc(C)c21)/C=C\C. The molecule has 0 bridgehead atoms. The maximum Gasteiger partial charge on any atom is 0.244 e. The molecule has 5 rings (SSSR count). The molecule has 10 heteroatoms. The molecule has 2 fully saturated rings. The fraction of sp³-hybridized carbons (Fsp3) is 0.393. The molecule has 1 aliphatic carbocycles. The number of ketones is 1. The summed E-state index contributed by atoms with van der Waals surface area (Å²) in [6, 6.07) is 2.02. The summed E-state index contributed by atoms with van der Waals surface area (Å²) in [4.78, 5) is 46.0. The number of nitrogens with zero attached hydrogens (tertiary/aromatic N) is 7. The van der Waals surface area contributed by atoms with Gasteiger partial charge in [-0.15, -0.1) is 0 Å². The Morgan fingerprint density at radius 3 is 2.66 bits per heavy atom. The number of aryl methyl sites for hydroxylation is 2. The van der Waals surface area contributed by atoms with Crippen LogP contribution in [0.15, 0.2) is 48.4 Å². The highest BCUT2D eigenvalue weighted by molar-refractivity contribution is 6.79. The first-order chi connectivity index (χ1) is 18.1. The van der Waals surface area contributed by atoms with Crippen LogP contribution in [0.4, 0.5) is 0 Å². The van der Waals surface area contributed by atoms with Crippen molar-refractivity contribution in [2.75, 3.05) is 0 Å². The van der Waals surface area contributed by atoms with Crippen LogP contribution in [0.5, 0.6) is 0 Å². The van der Waals surface area contributed by atoms with Crippen molar-refractivity contribution in [1.82, 2.24) is 29.6 Å². The molecule has 1 amide bonds. The summed E-state index contributed by atoms with van der Waals surface area (Å²) < 4.78 is 1.63. The topological polar surface area (TPSA) is 106 Å². The van der Waals surface area contributed by atoms with Crippen LogP contribution >= 0.6 is 0 Å². The summed E-state index contributed by atoms with van der Waals surface area (Å²) in [5, 5.41) is 5.27. The van der Waals surface area contributed by atoms with E-state index in [0.717, 1.165) is 24.0 Å². The second-order valence-corrected chi connectivity index (χ2v) is 10.4. The van der Waals surface area contributed by atoms with Gasteiger partial charge in [0.1, 0.15) is 18.1 Å². The summed E-state index contributed by atoms with van der Waals surface area (Å²) in [6.07, 6.45) is 10.7. The molecule has 9 nitrogen and oxygen atoms in total. The number of fused-ring (bicyclic) bond motifs is 2. The molecule has 1 saturated heterocycles. The molecule has 3 atom stereocenters. The molecule has 3 aromatic rings. The molecule has 0 spiro atoms. The van der Waals surface area contributed by atoms with Crippen LogP contribution < -0.4 is 0 Å². The van der Waals surface area contributed by atoms with Crippen molar-refractivity contribution in [3.8, 4) is 11.3 Å². The van der Waals surface area contributed by atoms with E-state index in [2.05, 4.69) is 33.6 Å². The van der Waals surface area contributed by atoms with Crippen molar-refractivity contribution >= 4 is 35.5 Å². The van der Waals surface area contributed by atoms with Gasteiger partial charge in [-0.2, -0.15) is 5.10 Å². The van der Waals surface area contributed by atoms with Crippen LogP contribution in [0.2, 0.25) is 0 Å². The van der Waals surface area contributed by atoms with Crippen molar-refractivity contribution in [3.05, 3.63) is 60.6 Å². The highest BCUT2D eigenvalue weighted by Gasteiger charge is 2.62. The van der Waals surface area contributed by atoms with E-state index < -0.39 is 0 Å². The van der Waals surface area contributed by atoms with E-state index in [1.165, 1.54) is 13.1 Å². The average molecular weight is 508 g/mol. The molecule has 4 heterocycles. The number of hydrogen-bond donors (Lipinski definition) is 0. The van der Waals surface area contributed by atoms with E-state index in [4.69, 9.17) is 4.98 Å². The quantitative estimate of drug-likeness (QED) is 0.260. The van der Waals surface area contributed by atoms with Crippen molar-refractivity contribution in [3.63, 3.8) is 0 Å². The van der Waals surface area contributed by atoms with Crippen LogP contribution in [0, 0.1) is 19.3 Å². The summed E-state index contributed by atoms with van der Waals surface area (Å²) in [7, 11) is 2.04. The monoisotopic (exact) mass is 508 g/mol. The van der Waals surface area contributed by atoms with Crippen molar-refractivity contribution < 1.29 is 9.59 Å². The Morgan fingerprint density at radius 2 is 2.00 bits per heavy atom. The van der Waals surface area contributed by atoms with E-state index in [1.54, 1.807) is 17.1 Å². The van der Waals surface area contributed by atoms with Gasteiger partial charge in [0.15, 0.2) is 5.78 Å². The molecular formula is C28H31BN7O2. The lowest BCUT2D eigenvalue weighted by Gasteiger charge is -2.27. The Morgan fingerprint density at radius 1 is 1.26 bits per heavy atom. The Balaban J connectivity index is 1.49. The predicted molar refractivity (Wildman–Crippen MR) is 148 cm³/mol. The smallest absolute Gasteiger partial charge is 0.244 e. The molecule has 1 aliphatic heterocycles. The lowest BCUT2D eigenvalue weighted by molar-refractivity contribution is -0.132. The minimum atomic E-state index is -0.170. The van der Waals surface area contributed by atoms with Gasteiger partial charge in [-0.05, 0) is 50.7 Å². The first-order valence-electron chi connectivity index (χ1n) is 12.8. The molecule has 0 N–H and O–H groups in total. The number of rotatable bonds is 8. The molecule has 193 valence electrons. The number of amides is 1. The Kier molecular flexibility index (Phi) is 6.59. The van der Waals surface area contributed by atoms with Gasteiger partial charge in [0.25, 0.3) is 0 Å². The standard InChI is InChI=1S/C28H31BN7O2/c1-7-9-23(30-8-2)29-24-12-28(6)11-22(28)36(24)25(38)15-35-27-16(3)33-21(19-13-31-18(5)32-14-19)10-20(27)26(34-35)17(4)37/h7-10,13-14,22,24H,2,11-12,15H2,1,3-6H3/b9-7-,30-23?. The Labute approximate surface area is 223 Å². The summed E-state index contributed by atoms with van der Waals surface area (Å²) >= 11 is 0. The second-order valence-electron chi connectivity index (χ2n) is 10.4. The van der Waals surface area contributed by atoms with Gasteiger partial charge in [-0.3, -0.25) is 24.2 Å². The number of likely N-dealkylation sites (tertiary alicyclic amines) is 1. The number of Topliss-reactive ketones (excluding diaryl/α,β-unsaturated/α-hetero) is 1. The zero-order valence-electron chi connectivity index (χ0n) is 22.5. The molecular weight excluding hydrogens is 477 g/mol. The lowest BCUT2D eigenvalue weighted by atomic mass is 9.62. The number of pyridine rings is 1. The third-order valence-electron chi connectivity index (χ3n) is 7.50. The molecule has 38 heavy (non-hydrogen) atoms. The van der Waals surface area contributed by atoms with Crippen LogP contribution in [-0.4, -0.2) is 66.2 Å². The molecule has 3 aromatic heterocycles. The van der Waals surface area contributed by atoms with E-state index in [0.29, 0.717) is 33.8 Å². The molecule has 1 saturated carbocycles. The summed E-state index contributed by atoms with van der Waals surface area (Å²) in [6.45, 7) is 13.1. The number of aliphatic imine (C=N–C) groups is 1. The van der Waals surface area contributed by atoms with Gasteiger partial charge < -0.3 is 4.90 Å². The van der Waals surface area contributed by atoms with Gasteiger partial charge in [-0.25, -0.2) is 9.97 Å². The largest absolute Gasteiger partial charge is 0.342 e. The maximum absolute atomic E-state index is 13.8. The number of piperidine rings is 1. The van der Waals surface area contributed by atoms with Gasteiger partial charge in [0.2, 0.25) is 13.2 Å². The zero-order chi connectivity index (χ0) is 27.2. The normalized spacial score (nSPS) is 22.7. The fourth-order valence-electron chi connectivity index (χ4n) is 5.61. The maximum atomic E-state index is 13.8. The predicted octanol–water partition coefficient (Wildman–Crippen LogP) is 3.87. The van der Waals surface area contributed by atoms with Gasteiger partial charge in [-0.1, -0.05) is 25.7 Å². The Hall–Kier alpha value is -3.95. The third-order valence-corrected chi connectivity index (χ3v) is 7.50. The van der Waals surface area contributed by atoms with Crippen molar-refractivity contribution in [2.24, 2.45) is 10.4 Å². The highest BCUT2D eigenvalue weighted by Crippen LogP contribution is 2.59. The Bertz CT molecular complexity index is 1510. The first kappa shape index (κ1) is 25.7. The first-order valence-corrected chi connectivity index (χ1v) is 12.8. The molecule has 2 aliphatic rings. The molecule has 1 radical (unpaired) electrons. The second kappa shape index (κ2) is 9.74. The number of aromatic nitrogens is 5. The number of hydrogen-bond acceptors (Lipinski definition) is 7. The zero-order valence-corrected chi connectivity index (χ0v) is 22.5. The number of carbonyl (C=O) groups is 2.